The number of nitrogens with two attached hydrogens (primary N) is 1. The molecule has 5 nitrogen and oxygen atoms in total. The molecule has 0 aliphatic rings. The van der Waals surface area contributed by atoms with E-state index in [1.54, 1.807) is 18.2 Å². The third kappa shape index (κ3) is 5.48. The number of nitrogens with zero attached hydrogens (tertiary/aromatic N) is 1. The van der Waals surface area contributed by atoms with Crippen LogP contribution in [-0.2, 0) is 0 Å². The maximum atomic E-state index is 11.9. The second-order valence-electron chi connectivity index (χ2n) is 5.39. The summed E-state index contributed by atoms with van der Waals surface area (Å²) in [5, 5.41) is 2.85. The molecule has 0 aliphatic carbocycles. The van der Waals surface area contributed by atoms with Gasteiger partial charge in [-0.15, -0.1) is 0 Å². The van der Waals surface area contributed by atoms with Gasteiger partial charge in [0, 0.05) is 18.2 Å². The zero-order valence-electron chi connectivity index (χ0n) is 12.8. The number of nitrogens with one attached hydrogen (secondary N) is 1. The van der Waals surface area contributed by atoms with E-state index in [-0.39, 0.29) is 11.9 Å². The fourth-order valence-electron chi connectivity index (χ4n) is 1.71. The van der Waals surface area contributed by atoms with E-state index in [0.29, 0.717) is 23.6 Å². The fraction of sp³-hybridized carbons (Fsp3) is 0.533. The van der Waals surface area contributed by atoms with Gasteiger partial charge >= 0.3 is 0 Å². The Bertz CT molecular complexity index is 445. The number of nitrogen functional groups attached to an aromatic ring is 1. The van der Waals surface area contributed by atoms with E-state index >= 15 is 0 Å². The van der Waals surface area contributed by atoms with Crippen molar-refractivity contribution in [2.45, 2.75) is 26.3 Å². The molecule has 0 aliphatic heterocycles. The number of carbonyl (C=O) groups is 1. The SMILES string of the molecule is CC(C)NC(=O)c1ccc(N)c(OCCCN(C)C)c1. The van der Waals surface area contributed by atoms with E-state index in [1.807, 2.05) is 27.9 Å². The van der Waals surface area contributed by atoms with Crippen LogP contribution in [0, 0.1) is 0 Å². The molecule has 0 atom stereocenters. The summed E-state index contributed by atoms with van der Waals surface area (Å²) in [5.41, 5.74) is 6.98. The van der Waals surface area contributed by atoms with Crippen LogP contribution in [0.5, 0.6) is 5.75 Å². The number of anilines is 1. The van der Waals surface area contributed by atoms with Crippen LogP contribution in [0.25, 0.3) is 0 Å². The van der Waals surface area contributed by atoms with Crippen LogP contribution in [0.4, 0.5) is 5.69 Å². The molecule has 0 spiro atoms. The average molecular weight is 279 g/mol. The van der Waals surface area contributed by atoms with Crippen LogP contribution in [0.3, 0.4) is 0 Å². The summed E-state index contributed by atoms with van der Waals surface area (Å²) in [5.74, 6) is 0.457. The van der Waals surface area contributed by atoms with Crippen LogP contribution in [0.2, 0.25) is 0 Å². The zero-order chi connectivity index (χ0) is 15.1. The van der Waals surface area contributed by atoms with Crippen LogP contribution < -0.4 is 15.8 Å². The van der Waals surface area contributed by atoms with E-state index in [9.17, 15) is 4.79 Å². The number of rotatable bonds is 7. The maximum Gasteiger partial charge on any atom is 0.251 e. The predicted octanol–water partition coefficient (Wildman–Crippen LogP) is 1.74. The molecule has 1 rings (SSSR count). The average Bonchev–Trinajstić information content (AvgIpc) is 2.35. The van der Waals surface area contributed by atoms with Gasteiger partial charge in [0.25, 0.3) is 5.91 Å². The summed E-state index contributed by atoms with van der Waals surface area (Å²) in [6.45, 7) is 5.38. The molecule has 20 heavy (non-hydrogen) atoms. The van der Waals surface area contributed by atoms with E-state index < -0.39 is 0 Å². The highest BCUT2D eigenvalue weighted by Crippen LogP contribution is 2.23. The maximum absolute atomic E-state index is 11.9. The van der Waals surface area contributed by atoms with Gasteiger partial charge in [-0.25, -0.2) is 0 Å². The lowest BCUT2D eigenvalue weighted by atomic mass is 10.1. The van der Waals surface area contributed by atoms with Crippen molar-refractivity contribution in [3.63, 3.8) is 0 Å². The van der Waals surface area contributed by atoms with Gasteiger partial charge in [-0.05, 0) is 52.6 Å². The van der Waals surface area contributed by atoms with E-state index in [4.69, 9.17) is 10.5 Å². The standard InChI is InChI=1S/C15H25N3O2/c1-11(2)17-15(19)12-6-7-13(16)14(10-12)20-9-5-8-18(3)4/h6-7,10-11H,5,8-9,16H2,1-4H3,(H,17,19). The van der Waals surface area contributed by atoms with E-state index in [2.05, 4.69) is 10.2 Å². The van der Waals surface area contributed by atoms with E-state index in [1.165, 1.54) is 0 Å². The molecule has 0 saturated heterocycles. The van der Waals surface area contributed by atoms with Gasteiger partial charge in [0.15, 0.2) is 0 Å². The first-order valence-corrected chi connectivity index (χ1v) is 6.88. The van der Waals surface area contributed by atoms with Gasteiger partial charge in [-0.1, -0.05) is 0 Å². The minimum atomic E-state index is -0.113. The van der Waals surface area contributed by atoms with Crippen molar-refractivity contribution >= 4 is 11.6 Å². The first-order chi connectivity index (χ1) is 9.40. The van der Waals surface area contributed by atoms with Crippen molar-refractivity contribution in [1.82, 2.24) is 10.2 Å². The third-order valence-corrected chi connectivity index (χ3v) is 2.70. The number of hydrogen-bond acceptors (Lipinski definition) is 4. The summed E-state index contributed by atoms with van der Waals surface area (Å²) in [6.07, 6.45) is 0.912. The molecular formula is C15H25N3O2. The number of benzene rings is 1. The molecule has 1 aromatic carbocycles. The Morgan fingerprint density at radius 1 is 1.40 bits per heavy atom. The Morgan fingerprint density at radius 2 is 2.10 bits per heavy atom. The second-order valence-corrected chi connectivity index (χ2v) is 5.39. The van der Waals surface area contributed by atoms with Crippen LogP contribution in [-0.4, -0.2) is 44.1 Å². The Kier molecular flexibility index (Phi) is 6.31. The lowest BCUT2D eigenvalue weighted by Gasteiger charge is -2.13. The molecule has 0 heterocycles. The Hall–Kier alpha value is -1.75. The summed E-state index contributed by atoms with van der Waals surface area (Å²) in [7, 11) is 4.04. The highest BCUT2D eigenvalue weighted by molar-refractivity contribution is 5.95. The molecule has 0 unspecified atom stereocenters. The molecule has 1 amide bonds. The highest BCUT2D eigenvalue weighted by Gasteiger charge is 2.10. The summed E-state index contributed by atoms with van der Waals surface area (Å²) < 4.78 is 5.65. The van der Waals surface area contributed by atoms with Gasteiger partial charge in [0.1, 0.15) is 5.75 Å². The van der Waals surface area contributed by atoms with Crippen molar-refractivity contribution < 1.29 is 9.53 Å². The Morgan fingerprint density at radius 3 is 2.70 bits per heavy atom. The number of hydrogen-bond donors (Lipinski definition) is 2. The van der Waals surface area contributed by atoms with Crippen LogP contribution >= 0.6 is 0 Å². The third-order valence-electron chi connectivity index (χ3n) is 2.70. The Labute approximate surface area is 121 Å². The minimum absolute atomic E-state index is 0.101. The zero-order valence-corrected chi connectivity index (χ0v) is 12.8. The monoisotopic (exact) mass is 279 g/mol. The molecule has 112 valence electrons. The molecular weight excluding hydrogens is 254 g/mol. The lowest BCUT2D eigenvalue weighted by molar-refractivity contribution is 0.0942. The van der Waals surface area contributed by atoms with Crippen molar-refractivity contribution in [3.05, 3.63) is 23.8 Å². The predicted molar refractivity (Wildman–Crippen MR) is 82.1 cm³/mol. The molecule has 0 aromatic heterocycles. The molecule has 1 aromatic rings. The molecule has 0 saturated carbocycles. The Balaban J connectivity index is 2.64. The molecule has 0 fully saturated rings. The molecule has 0 radical (unpaired) electrons. The van der Waals surface area contributed by atoms with Crippen molar-refractivity contribution in [2.24, 2.45) is 0 Å². The molecule has 5 heteroatoms. The fourth-order valence-corrected chi connectivity index (χ4v) is 1.71. The van der Waals surface area contributed by atoms with Crippen molar-refractivity contribution in [2.75, 3.05) is 33.0 Å². The minimum Gasteiger partial charge on any atom is -0.491 e. The van der Waals surface area contributed by atoms with Gasteiger partial charge in [-0.3, -0.25) is 4.79 Å². The quantitative estimate of drug-likeness (QED) is 0.589. The molecule has 0 bridgehead atoms. The van der Waals surface area contributed by atoms with Gasteiger partial charge in [-0.2, -0.15) is 0 Å². The van der Waals surface area contributed by atoms with Crippen LogP contribution in [0.1, 0.15) is 30.6 Å². The van der Waals surface area contributed by atoms with Crippen molar-refractivity contribution in [3.8, 4) is 5.75 Å². The highest BCUT2D eigenvalue weighted by atomic mass is 16.5. The topological polar surface area (TPSA) is 67.6 Å². The number of amides is 1. The van der Waals surface area contributed by atoms with Gasteiger partial charge < -0.3 is 20.7 Å². The summed E-state index contributed by atoms with van der Waals surface area (Å²) in [6, 6.07) is 5.21. The van der Waals surface area contributed by atoms with Gasteiger partial charge in [0.05, 0.1) is 12.3 Å². The normalized spacial score (nSPS) is 10.9. The number of carbonyl (C=O) groups excluding carboxylic acids is 1. The molecule has 3 N–H and O–H groups in total. The van der Waals surface area contributed by atoms with Crippen molar-refractivity contribution in [1.29, 1.82) is 0 Å². The lowest BCUT2D eigenvalue weighted by Crippen LogP contribution is -2.30. The smallest absolute Gasteiger partial charge is 0.251 e. The second kappa shape index (κ2) is 7.75. The first-order valence-electron chi connectivity index (χ1n) is 6.88. The van der Waals surface area contributed by atoms with Crippen LogP contribution in [0.15, 0.2) is 18.2 Å². The van der Waals surface area contributed by atoms with Gasteiger partial charge in [0.2, 0.25) is 0 Å². The van der Waals surface area contributed by atoms with E-state index in [0.717, 1.165) is 13.0 Å². The number of ether oxygens (including phenoxy) is 1. The summed E-state index contributed by atoms with van der Waals surface area (Å²) in [4.78, 5) is 14.0. The largest absolute Gasteiger partial charge is 0.491 e. The first kappa shape index (κ1) is 16.3. The summed E-state index contributed by atoms with van der Waals surface area (Å²) >= 11 is 0.